The molecule has 4 aliphatic carbocycles. The van der Waals surface area contributed by atoms with Gasteiger partial charge in [-0.05, 0) is 93.7 Å². The number of rotatable bonds is 6. The first-order valence-electron chi connectivity index (χ1n) is 9.76. The molecule has 26 heavy (non-hydrogen) atoms. The van der Waals surface area contributed by atoms with Crippen molar-refractivity contribution in [2.45, 2.75) is 63.3 Å². The van der Waals surface area contributed by atoms with Crippen LogP contribution in [0.25, 0.3) is 0 Å². The third kappa shape index (κ3) is 3.33. The molecule has 1 N–H and O–H groups in total. The molecule has 4 fully saturated rings. The Labute approximate surface area is 165 Å². The van der Waals surface area contributed by atoms with E-state index in [0.717, 1.165) is 22.2 Å². The standard InChI is InChI=1S/C20H28BrNO3S/c1-3-25-18-5-4-17(21)9-19(18)26(23,24)22-13(2)20-10-14-6-15(11-20)8-16(7-14)12-20/h4-5,9,13-16,22H,3,6-8,10-12H2,1-2H3. The molecule has 4 aliphatic rings. The largest absolute Gasteiger partial charge is 0.492 e. The molecule has 5 rings (SSSR count). The Morgan fingerprint density at radius 1 is 1.19 bits per heavy atom. The molecule has 0 aromatic heterocycles. The lowest BCUT2D eigenvalue weighted by atomic mass is 9.48. The van der Waals surface area contributed by atoms with Crippen LogP contribution in [0.15, 0.2) is 27.6 Å². The summed E-state index contributed by atoms with van der Waals surface area (Å²) in [7, 11) is -3.63. The van der Waals surface area contributed by atoms with E-state index in [1.54, 1.807) is 12.1 Å². The first kappa shape index (κ1) is 18.8. The molecule has 0 amide bonds. The highest BCUT2D eigenvalue weighted by atomic mass is 79.9. The first-order chi connectivity index (χ1) is 12.3. The number of halogens is 1. The Morgan fingerprint density at radius 3 is 2.31 bits per heavy atom. The lowest BCUT2D eigenvalue weighted by molar-refractivity contribution is -0.0666. The third-order valence-corrected chi connectivity index (χ3v) is 8.89. The van der Waals surface area contributed by atoms with E-state index in [1.165, 1.54) is 38.5 Å². The molecule has 4 bridgehead atoms. The molecule has 0 aliphatic heterocycles. The molecule has 0 heterocycles. The Balaban J connectivity index is 1.59. The Bertz CT molecular complexity index is 757. The van der Waals surface area contributed by atoms with Gasteiger partial charge in [-0.2, -0.15) is 0 Å². The zero-order valence-electron chi connectivity index (χ0n) is 15.5. The normalized spacial score (nSPS) is 34.0. The smallest absolute Gasteiger partial charge is 0.244 e. The van der Waals surface area contributed by atoms with E-state index >= 15 is 0 Å². The summed E-state index contributed by atoms with van der Waals surface area (Å²) in [5.74, 6) is 2.83. The average Bonchev–Trinajstić information content (AvgIpc) is 2.55. The summed E-state index contributed by atoms with van der Waals surface area (Å²) in [4.78, 5) is 0.227. The van der Waals surface area contributed by atoms with Crippen LogP contribution in [0.4, 0.5) is 0 Å². The van der Waals surface area contributed by atoms with Gasteiger partial charge in [0, 0.05) is 10.5 Å². The average molecular weight is 442 g/mol. The molecule has 1 aromatic rings. The monoisotopic (exact) mass is 441 g/mol. The molecular weight excluding hydrogens is 414 g/mol. The Hall–Kier alpha value is -0.590. The van der Waals surface area contributed by atoms with Crippen molar-refractivity contribution in [1.82, 2.24) is 4.72 Å². The lowest BCUT2D eigenvalue weighted by Crippen LogP contribution is -2.55. The Kier molecular flexibility index (Phi) is 4.89. The zero-order chi connectivity index (χ0) is 18.5. The van der Waals surface area contributed by atoms with Crippen molar-refractivity contribution in [2.24, 2.45) is 23.2 Å². The van der Waals surface area contributed by atoms with Crippen molar-refractivity contribution in [3.8, 4) is 5.75 Å². The number of hydrogen-bond donors (Lipinski definition) is 1. The van der Waals surface area contributed by atoms with Crippen molar-refractivity contribution in [2.75, 3.05) is 6.61 Å². The van der Waals surface area contributed by atoms with Crippen LogP contribution in [-0.2, 0) is 10.0 Å². The summed E-state index contributed by atoms with van der Waals surface area (Å²) >= 11 is 3.39. The van der Waals surface area contributed by atoms with E-state index in [1.807, 2.05) is 13.0 Å². The van der Waals surface area contributed by atoms with Gasteiger partial charge in [0.25, 0.3) is 0 Å². The second-order valence-corrected chi connectivity index (χ2v) is 11.2. The van der Waals surface area contributed by atoms with E-state index in [0.29, 0.717) is 12.4 Å². The van der Waals surface area contributed by atoms with Gasteiger partial charge in [0.15, 0.2) is 0 Å². The van der Waals surface area contributed by atoms with E-state index in [2.05, 4.69) is 27.6 Å². The van der Waals surface area contributed by atoms with Crippen LogP contribution in [-0.4, -0.2) is 21.1 Å². The maximum Gasteiger partial charge on any atom is 0.244 e. The molecule has 0 radical (unpaired) electrons. The van der Waals surface area contributed by atoms with E-state index in [9.17, 15) is 8.42 Å². The predicted octanol–water partition coefficient (Wildman–Crippen LogP) is 4.73. The van der Waals surface area contributed by atoms with E-state index in [4.69, 9.17) is 4.74 Å². The quantitative estimate of drug-likeness (QED) is 0.693. The van der Waals surface area contributed by atoms with Gasteiger partial charge in [0.05, 0.1) is 6.61 Å². The minimum atomic E-state index is -3.63. The summed E-state index contributed by atoms with van der Waals surface area (Å²) in [5, 5.41) is 0. The number of benzene rings is 1. The van der Waals surface area contributed by atoms with Gasteiger partial charge in [0.1, 0.15) is 10.6 Å². The Morgan fingerprint density at radius 2 is 1.77 bits per heavy atom. The molecular formula is C20H28BrNO3S. The zero-order valence-corrected chi connectivity index (χ0v) is 17.9. The molecule has 144 valence electrons. The third-order valence-electron chi connectivity index (χ3n) is 6.83. The van der Waals surface area contributed by atoms with Crippen LogP contribution in [0, 0.1) is 23.2 Å². The molecule has 0 saturated heterocycles. The van der Waals surface area contributed by atoms with E-state index in [-0.39, 0.29) is 16.4 Å². The molecule has 1 aromatic carbocycles. The number of hydrogen-bond acceptors (Lipinski definition) is 3. The van der Waals surface area contributed by atoms with Gasteiger partial charge >= 0.3 is 0 Å². The highest BCUT2D eigenvalue weighted by molar-refractivity contribution is 9.10. The second-order valence-electron chi connectivity index (χ2n) is 8.65. The van der Waals surface area contributed by atoms with Gasteiger partial charge in [-0.25, -0.2) is 13.1 Å². The summed E-state index contributed by atoms with van der Waals surface area (Å²) in [6.45, 7) is 4.38. The lowest BCUT2D eigenvalue weighted by Gasteiger charge is -2.59. The van der Waals surface area contributed by atoms with Crippen LogP contribution < -0.4 is 9.46 Å². The van der Waals surface area contributed by atoms with Crippen LogP contribution in [0.1, 0.15) is 52.4 Å². The van der Waals surface area contributed by atoms with Crippen LogP contribution >= 0.6 is 15.9 Å². The summed E-state index contributed by atoms with van der Waals surface area (Å²) < 4.78 is 35.7. The van der Waals surface area contributed by atoms with Crippen LogP contribution in [0.5, 0.6) is 5.75 Å². The number of ether oxygens (including phenoxy) is 1. The summed E-state index contributed by atoms with van der Waals surface area (Å²) in [6.07, 6.45) is 7.62. The SMILES string of the molecule is CCOc1ccc(Br)cc1S(=O)(=O)NC(C)C12CC3CC(CC(C3)C1)C2. The number of nitrogens with one attached hydrogen (secondary N) is 1. The molecule has 6 heteroatoms. The van der Waals surface area contributed by atoms with Gasteiger partial charge in [0.2, 0.25) is 10.0 Å². The highest BCUT2D eigenvalue weighted by Gasteiger charge is 2.53. The maximum atomic E-state index is 13.2. The fraction of sp³-hybridized carbons (Fsp3) is 0.700. The van der Waals surface area contributed by atoms with Gasteiger partial charge in [-0.3, -0.25) is 0 Å². The summed E-state index contributed by atoms with van der Waals surface area (Å²) in [6, 6.07) is 5.12. The number of sulfonamides is 1. The van der Waals surface area contributed by atoms with Crippen LogP contribution in [0.3, 0.4) is 0 Å². The fourth-order valence-electron chi connectivity index (χ4n) is 6.10. The molecule has 4 saturated carbocycles. The van der Waals surface area contributed by atoms with Gasteiger partial charge in [-0.1, -0.05) is 15.9 Å². The van der Waals surface area contributed by atoms with Crippen molar-refractivity contribution < 1.29 is 13.2 Å². The van der Waals surface area contributed by atoms with E-state index < -0.39 is 10.0 Å². The van der Waals surface area contributed by atoms with Crippen molar-refractivity contribution in [1.29, 1.82) is 0 Å². The van der Waals surface area contributed by atoms with Crippen molar-refractivity contribution in [3.05, 3.63) is 22.7 Å². The molecule has 4 nitrogen and oxygen atoms in total. The van der Waals surface area contributed by atoms with Crippen molar-refractivity contribution in [3.63, 3.8) is 0 Å². The molecule has 1 unspecified atom stereocenters. The fourth-order valence-corrected chi connectivity index (χ4v) is 8.12. The predicted molar refractivity (Wildman–Crippen MR) is 106 cm³/mol. The van der Waals surface area contributed by atoms with Gasteiger partial charge < -0.3 is 4.74 Å². The summed E-state index contributed by atoms with van der Waals surface area (Å²) in [5.41, 5.74) is 0.139. The first-order valence-corrected chi connectivity index (χ1v) is 12.0. The minimum Gasteiger partial charge on any atom is -0.492 e. The maximum absolute atomic E-state index is 13.2. The second kappa shape index (κ2) is 6.78. The van der Waals surface area contributed by atoms with Gasteiger partial charge in [-0.15, -0.1) is 0 Å². The van der Waals surface area contributed by atoms with Crippen molar-refractivity contribution >= 4 is 26.0 Å². The van der Waals surface area contributed by atoms with Crippen LogP contribution in [0.2, 0.25) is 0 Å². The minimum absolute atomic E-state index is 0.0469. The highest BCUT2D eigenvalue weighted by Crippen LogP contribution is 2.61. The topological polar surface area (TPSA) is 55.4 Å². The molecule has 1 atom stereocenters. The molecule has 0 spiro atoms.